The van der Waals surface area contributed by atoms with E-state index in [4.69, 9.17) is 19.4 Å². The van der Waals surface area contributed by atoms with E-state index < -0.39 is 24.5 Å². The van der Waals surface area contributed by atoms with Crippen molar-refractivity contribution in [3.8, 4) is 0 Å². The fourth-order valence-electron chi connectivity index (χ4n) is 5.46. The maximum atomic E-state index is 12.8. The van der Waals surface area contributed by atoms with Crippen LogP contribution < -0.4 is 10.6 Å². The molecule has 226 valence electrons. The predicted octanol–water partition coefficient (Wildman–Crippen LogP) is 3.27. The number of aliphatic hydroxyl groups is 2. The molecule has 3 aromatic carbocycles. The molecule has 11 nitrogen and oxygen atoms in total. The molecule has 44 heavy (non-hydrogen) atoms. The molecule has 1 aliphatic rings. The van der Waals surface area contributed by atoms with E-state index in [0.717, 1.165) is 11.1 Å². The Morgan fingerprint density at radius 2 is 1.57 bits per heavy atom. The summed E-state index contributed by atoms with van der Waals surface area (Å²) in [5, 5.41) is 27.8. The van der Waals surface area contributed by atoms with E-state index in [2.05, 4.69) is 39.9 Å². The van der Waals surface area contributed by atoms with E-state index in [9.17, 15) is 15.0 Å². The Kier molecular flexibility index (Phi) is 8.89. The third-order valence-corrected chi connectivity index (χ3v) is 7.73. The number of amides is 1. The van der Waals surface area contributed by atoms with Crippen molar-refractivity contribution in [2.24, 2.45) is 0 Å². The standard InChI is InChI=1S/C33H34N6O5/c1-43-19-25-28(40)29(41)33(44-25)39-20-36-27-30(34-17-24(21-11-5-2-6-12-21)22-13-7-3-8-14-22)37-26(38-31(27)39)18-35-32(42)23-15-9-4-10-16-23/h2-16,20,24-25,28-29,33,40-41H,17-19H2,1H3,(H,35,42)(H,34,37,38)/t25-,28-,29-,33-/m1/s1. The zero-order chi connectivity index (χ0) is 30.5. The van der Waals surface area contributed by atoms with Crippen molar-refractivity contribution in [3.05, 3.63) is 120 Å². The third-order valence-electron chi connectivity index (χ3n) is 7.73. The monoisotopic (exact) mass is 594 g/mol. The van der Waals surface area contributed by atoms with E-state index in [1.54, 1.807) is 28.8 Å². The summed E-state index contributed by atoms with van der Waals surface area (Å²) in [7, 11) is 1.50. The van der Waals surface area contributed by atoms with Crippen LogP contribution >= 0.6 is 0 Å². The molecular formula is C33H34N6O5. The Morgan fingerprint density at radius 1 is 0.932 bits per heavy atom. The predicted molar refractivity (Wildman–Crippen MR) is 164 cm³/mol. The fraction of sp³-hybridized carbons (Fsp3) is 0.273. The Morgan fingerprint density at radius 3 is 2.20 bits per heavy atom. The average Bonchev–Trinajstić information content (AvgIpc) is 3.61. The number of hydrogen-bond acceptors (Lipinski definition) is 9. The van der Waals surface area contributed by atoms with E-state index in [1.807, 2.05) is 42.5 Å². The average molecular weight is 595 g/mol. The number of fused-ring (bicyclic) bond motifs is 1. The molecule has 4 atom stereocenters. The number of aromatic nitrogens is 4. The van der Waals surface area contributed by atoms with Gasteiger partial charge in [-0.25, -0.2) is 15.0 Å². The van der Waals surface area contributed by atoms with E-state index in [-0.39, 0.29) is 25.0 Å². The smallest absolute Gasteiger partial charge is 0.251 e. The molecule has 0 unspecified atom stereocenters. The number of carbonyl (C=O) groups is 1. The molecule has 6 rings (SSSR count). The first-order valence-electron chi connectivity index (χ1n) is 14.4. The van der Waals surface area contributed by atoms with Gasteiger partial charge in [0, 0.05) is 25.1 Å². The van der Waals surface area contributed by atoms with Crippen LogP contribution in [0.15, 0.2) is 97.3 Å². The summed E-state index contributed by atoms with van der Waals surface area (Å²) in [4.78, 5) is 26.9. The highest BCUT2D eigenvalue weighted by atomic mass is 16.6. The second-order valence-corrected chi connectivity index (χ2v) is 10.6. The van der Waals surface area contributed by atoms with Crippen LogP contribution in [0.4, 0.5) is 5.82 Å². The van der Waals surface area contributed by atoms with Crippen molar-refractivity contribution >= 4 is 22.9 Å². The van der Waals surface area contributed by atoms with Crippen LogP contribution in [0.2, 0.25) is 0 Å². The first-order valence-corrected chi connectivity index (χ1v) is 14.4. The van der Waals surface area contributed by atoms with E-state index in [1.165, 1.54) is 13.4 Å². The van der Waals surface area contributed by atoms with Gasteiger partial charge < -0.3 is 30.3 Å². The summed E-state index contributed by atoms with van der Waals surface area (Å²) >= 11 is 0. The van der Waals surface area contributed by atoms with Crippen LogP contribution in [0.3, 0.4) is 0 Å². The SMILES string of the molecule is COC[C@H]1O[C@@H](n2cnc3c(NCC(c4ccccc4)c4ccccc4)nc(CNC(=O)c4ccccc4)nc32)[C@H](O)[C@@H]1O. The third kappa shape index (κ3) is 6.17. The van der Waals surface area contributed by atoms with Crippen LogP contribution in [0.1, 0.15) is 39.5 Å². The van der Waals surface area contributed by atoms with Gasteiger partial charge in [-0.15, -0.1) is 0 Å². The van der Waals surface area contributed by atoms with Crippen LogP contribution in [0.5, 0.6) is 0 Å². The lowest BCUT2D eigenvalue weighted by atomic mass is 9.91. The van der Waals surface area contributed by atoms with Crippen LogP contribution in [-0.4, -0.2) is 74.2 Å². The second-order valence-electron chi connectivity index (χ2n) is 10.6. The lowest BCUT2D eigenvalue weighted by Crippen LogP contribution is -2.33. The van der Waals surface area contributed by atoms with Gasteiger partial charge in [0.05, 0.1) is 19.5 Å². The van der Waals surface area contributed by atoms with Crippen molar-refractivity contribution in [2.75, 3.05) is 25.6 Å². The van der Waals surface area contributed by atoms with Gasteiger partial charge >= 0.3 is 0 Å². The Labute approximate surface area is 254 Å². The Balaban J connectivity index is 1.34. The summed E-state index contributed by atoms with van der Waals surface area (Å²) in [5.41, 5.74) is 3.64. The van der Waals surface area contributed by atoms with Gasteiger partial charge in [-0.3, -0.25) is 9.36 Å². The number of nitrogens with zero attached hydrogens (tertiary/aromatic N) is 4. The number of imidazole rings is 1. The number of rotatable bonds is 11. The highest BCUT2D eigenvalue weighted by Gasteiger charge is 2.44. The number of aliphatic hydroxyl groups excluding tert-OH is 2. The maximum Gasteiger partial charge on any atom is 0.251 e. The van der Waals surface area contributed by atoms with Gasteiger partial charge in [0.2, 0.25) is 0 Å². The summed E-state index contributed by atoms with van der Waals surface area (Å²) in [6.07, 6.45) is -2.55. The lowest BCUT2D eigenvalue weighted by molar-refractivity contribution is -0.0580. The first-order chi connectivity index (χ1) is 21.5. The fourth-order valence-corrected chi connectivity index (χ4v) is 5.46. The number of anilines is 1. The van der Waals surface area contributed by atoms with Crippen LogP contribution in [0.25, 0.3) is 11.2 Å². The van der Waals surface area contributed by atoms with Gasteiger partial charge in [-0.1, -0.05) is 78.9 Å². The molecule has 1 amide bonds. The minimum absolute atomic E-state index is 0.00988. The number of benzene rings is 3. The summed E-state index contributed by atoms with van der Waals surface area (Å²) in [6.45, 7) is 0.660. The molecule has 3 heterocycles. The number of methoxy groups -OCH3 is 1. The number of carbonyl (C=O) groups excluding carboxylic acids is 1. The van der Waals surface area contributed by atoms with Crippen molar-refractivity contribution in [1.82, 2.24) is 24.8 Å². The van der Waals surface area contributed by atoms with Crippen molar-refractivity contribution < 1.29 is 24.5 Å². The maximum absolute atomic E-state index is 12.8. The summed E-state index contributed by atoms with van der Waals surface area (Å²) in [5.74, 6) is 0.556. The molecule has 0 saturated carbocycles. The topological polar surface area (TPSA) is 144 Å². The summed E-state index contributed by atoms with van der Waals surface area (Å²) < 4.78 is 12.7. The van der Waals surface area contributed by atoms with Crippen molar-refractivity contribution in [3.63, 3.8) is 0 Å². The van der Waals surface area contributed by atoms with Crippen LogP contribution in [0, 0.1) is 0 Å². The largest absolute Gasteiger partial charge is 0.387 e. The normalized spacial score (nSPS) is 19.8. The zero-order valence-corrected chi connectivity index (χ0v) is 24.2. The number of ether oxygens (including phenoxy) is 2. The molecule has 0 bridgehead atoms. The van der Waals surface area contributed by atoms with Gasteiger partial charge in [0.1, 0.15) is 18.3 Å². The highest BCUT2D eigenvalue weighted by Crippen LogP contribution is 2.33. The number of hydrogen-bond donors (Lipinski definition) is 4. The van der Waals surface area contributed by atoms with E-state index >= 15 is 0 Å². The molecule has 5 aromatic rings. The molecule has 1 saturated heterocycles. The molecule has 1 aliphatic heterocycles. The van der Waals surface area contributed by atoms with Crippen LogP contribution in [-0.2, 0) is 16.0 Å². The quantitative estimate of drug-likeness (QED) is 0.181. The van der Waals surface area contributed by atoms with Crippen molar-refractivity contribution in [1.29, 1.82) is 0 Å². The van der Waals surface area contributed by atoms with Gasteiger partial charge in [0.15, 0.2) is 29.0 Å². The molecule has 2 aromatic heterocycles. The molecule has 0 spiro atoms. The lowest BCUT2D eigenvalue weighted by Gasteiger charge is -2.20. The minimum Gasteiger partial charge on any atom is -0.387 e. The minimum atomic E-state index is -1.24. The Hall–Kier alpha value is -4.68. The molecule has 0 aliphatic carbocycles. The van der Waals surface area contributed by atoms with Crippen molar-refractivity contribution in [2.45, 2.75) is 37.0 Å². The molecular weight excluding hydrogens is 560 g/mol. The van der Waals surface area contributed by atoms with Gasteiger partial charge in [-0.05, 0) is 23.3 Å². The first kappa shape index (κ1) is 29.4. The van der Waals surface area contributed by atoms with E-state index in [0.29, 0.717) is 34.9 Å². The molecule has 0 radical (unpaired) electrons. The zero-order valence-electron chi connectivity index (χ0n) is 24.2. The van der Waals surface area contributed by atoms with Gasteiger partial charge in [-0.2, -0.15) is 0 Å². The Bertz CT molecular complexity index is 1650. The summed E-state index contributed by atoms with van der Waals surface area (Å²) in [6, 6.07) is 29.3. The highest BCUT2D eigenvalue weighted by molar-refractivity contribution is 5.94. The second kappa shape index (κ2) is 13.3. The molecule has 11 heteroatoms. The molecule has 4 N–H and O–H groups in total. The number of nitrogens with one attached hydrogen (secondary N) is 2. The molecule has 1 fully saturated rings. The van der Waals surface area contributed by atoms with Gasteiger partial charge in [0.25, 0.3) is 5.91 Å².